The second-order valence-electron chi connectivity index (χ2n) is 4.96. The first-order valence-corrected chi connectivity index (χ1v) is 6.54. The molecule has 0 amide bonds. The molecule has 1 heterocycles. The fourth-order valence-corrected chi connectivity index (χ4v) is 2.66. The van der Waals surface area contributed by atoms with Gasteiger partial charge in [0.1, 0.15) is 5.82 Å². The fourth-order valence-electron chi connectivity index (χ4n) is 2.35. The predicted octanol–water partition coefficient (Wildman–Crippen LogP) is 2.27. The summed E-state index contributed by atoms with van der Waals surface area (Å²) in [6.45, 7) is 2.87. The molecule has 1 saturated carbocycles. The monoisotopic (exact) mass is 267 g/mol. The molecule has 1 aromatic rings. The van der Waals surface area contributed by atoms with E-state index in [0.717, 1.165) is 18.9 Å². The van der Waals surface area contributed by atoms with Gasteiger partial charge in [0.25, 0.3) is 0 Å². The third-order valence-electron chi connectivity index (χ3n) is 3.39. The highest BCUT2D eigenvalue weighted by Gasteiger charge is 2.42. The summed E-state index contributed by atoms with van der Waals surface area (Å²) in [7, 11) is 0. The molecule has 18 heavy (non-hydrogen) atoms. The van der Waals surface area contributed by atoms with Crippen molar-refractivity contribution in [1.29, 1.82) is 0 Å². The van der Waals surface area contributed by atoms with Gasteiger partial charge in [-0.05, 0) is 25.5 Å². The first kappa shape index (κ1) is 11.8. The summed E-state index contributed by atoms with van der Waals surface area (Å²) in [5, 5.41) is 7.05. The molecule has 3 atom stereocenters. The van der Waals surface area contributed by atoms with E-state index in [1.807, 2.05) is 0 Å². The van der Waals surface area contributed by atoms with E-state index in [1.165, 1.54) is 6.07 Å². The Balaban J connectivity index is 1.67. The van der Waals surface area contributed by atoms with E-state index < -0.39 is 0 Å². The van der Waals surface area contributed by atoms with Crippen LogP contribution in [-0.4, -0.2) is 24.6 Å². The number of nitrogens with zero attached hydrogens (tertiary/aromatic N) is 1. The van der Waals surface area contributed by atoms with Crippen molar-refractivity contribution >= 4 is 17.6 Å². The maximum atomic E-state index is 13.7. The van der Waals surface area contributed by atoms with Gasteiger partial charge in [-0.1, -0.05) is 17.7 Å². The highest BCUT2D eigenvalue weighted by atomic mass is 35.5. The van der Waals surface area contributed by atoms with E-state index >= 15 is 0 Å². The van der Waals surface area contributed by atoms with Crippen LogP contribution in [0.25, 0.3) is 0 Å². The van der Waals surface area contributed by atoms with Crippen molar-refractivity contribution in [1.82, 2.24) is 10.6 Å². The van der Waals surface area contributed by atoms with Gasteiger partial charge in [-0.25, -0.2) is 4.39 Å². The van der Waals surface area contributed by atoms with Crippen LogP contribution < -0.4 is 10.6 Å². The van der Waals surface area contributed by atoms with Crippen molar-refractivity contribution in [3.8, 4) is 0 Å². The summed E-state index contributed by atoms with van der Waals surface area (Å²) in [5.74, 6) is 0.757. The van der Waals surface area contributed by atoms with Gasteiger partial charge in [0.2, 0.25) is 0 Å². The first-order valence-electron chi connectivity index (χ1n) is 6.16. The topological polar surface area (TPSA) is 36.4 Å². The third kappa shape index (κ3) is 2.17. The summed E-state index contributed by atoms with van der Waals surface area (Å²) in [6, 6.07) is 5.45. The Morgan fingerprint density at radius 1 is 1.50 bits per heavy atom. The number of nitrogens with one attached hydrogen (secondary N) is 2. The smallest absolute Gasteiger partial charge is 0.191 e. The average molecular weight is 268 g/mol. The minimum atomic E-state index is -0.216. The predicted molar refractivity (Wildman–Crippen MR) is 70.6 cm³/mol. The van der Waals surface area contributed by atoms with Crippen molar-refractivity contribution in [2.24, 2.45) is 4.99 Å². The molecule has 0 spiro atoms. The lowest BCUT2D eigenvalue weighted by atomic mass is 10.1. The normalized spacial score (nSPS) is 29.7. The molecule has 0 saturated heterocycles. The molecule has 5 heteroatoms. The van der Waals surface area contributed by atoms with Gasteiger partial charge in [0, 0.05) is 28.6 Å². The molecule has 3 nitrogen and oxygen atoms in total. The van der Waals surface area contributed by atoms with E-state index in [9.17, 15) is 4.39 Å². The molecule has 2 aliphatic rings. The number of guanidine groups is 1. The van der Waals surface area contributed by atoms with Crippen LogP contribution in [0.3, 0.4) is 0 Å². The second-order valence-corrected chi connectivity index (χ2v) is 5.37. The average Bonchev–Trinajstić information content (AvgIpc) is 2.92. The van der Waals surface area contributed by atoms with Gasteiger partial charge in [-0.3, -0.25) is 4.99 Å². The van der Waals surface area contributed by atoms with Gasteiger partial charge < -0.3 is 10.6 Å². The molecule has 1 aliphatic carbocycles. The SMILES string of the molecule is CC1CN=C(N[C@@H]2C[C@H]2c2c(F)cccc2Cl)N1. The zero-order valence-electron chi connectivity index (χ0n) is 10.1. The van der Waals surface area contributed by atoms with E-state index in [-0.39, 0.29) is 17.8 Å². The van der Waals surface area contributed by atoms with E-state index in [4.69, 9.17) is 11.6 Å². The van der Waals surface area contributed by atoms with Crippen LogP contribution in [-0.2, 0) is 0 Å². The van der Waals surface area contributed by atoms with Crippen molar-refractivity contribution in [2.45, 2.75) is 31.3 Å². The van der Waals surface area contributed by atoms with Gasteiger partial charge in [0.15, 0.2) is 5.96 Å². The van der Waals surface area contributed by atoms with E-state index in [1.54, 1.807) is 12.1 Å². The number of halogens is 2. The van der Waals surface area contributed by atoms with Gasteiger partial charge >= 0.3 is 0 Å². The highest BCUT2D eigenvalue weighted by Crippen LogP contribution is 2.44. The quantitative estimate of drug-likeness (QED) is 0.862. The standard InChI is InChI=1S/C13H15ClFN3/c1-7-6-16-13(17-7)18-11-5-8(11)12-9(14)3-2-4-10(12)15/h2-4,7-8,11H,5-6H2,1H3,(H2,16,17,18)/t7?,8-,11-/m1/s1. The molecule has 0 aromatic heterocycles. The van der Waals surface area contributed by atoms with Gasteiger partial charge in [-0.2, -0.15) is 0 Å². The zero-order chi connectivity index (χ0) is 12.7. The van der Waals surface area contributed by atoms with Crippen molar-refractivity contribution in [3.63, 3.8) is 0 Å². The minimum absolute atomic E-state index is 0.152. The number of rotatable bonds is 2. The van der Waals surface area contributed by atoms with Gasteiger partial charge in [-0.15, -0.1) is 0 Å². The van der Waals surface area contributed by atoms with Crippen LogP contribution in [0.5, 0.6) is 0 Å². The van der Waals surface area contributed by atoms with Crippen LogP contribution in [0.2, 0.25) is 5.02 Å². The Bertz CT molecular complexity index is 483. The van der Waals surface area contributed by atoms with E-state index in [2.05, 4.69) is 22.5 Å². The summed E-state index contributed by atoms with van der Waals surface area (Å²) >= 11 is 6.06. The van der Waals surface area contributed by atoms with Crippen LogP contribution in [0.4, 0.5) is 4.39 Å². The number of aliphatic imine (C=N–C) groups is 1. The Labute approximate surface area is 110 Å². The molecule has 1 aromatic carbocycles. The first-order chi connectivity index (χ1) is 8.65. The lowest BCUT2D eigenvalue weighted by molar-refractivity contribution is 0.608. The van der Waals surface area contributed by atoms with E-state index in [0.29, 0.717) is 16.6 Å². The Hall–Kier alpha value is -1.29. The molecular formula is C13H15ClFN3. The number of hydrogen-bond acceptors (Lipinski definition) is 3. The number of hydrogen-bond donors (Lipinski definition) is 2. The van der Waals surface area contributed by atoms with Crippen molar-refractivity contribution < 1.29 is 4.39 Å². The molecule has 0 bridgehead atoms. The highest BCUT2D eigenvalue weighted by molar-refractivity contribution is 6.31. The molecule has 2 N–H and O–H groups in total. The molecular weight excluding hydrogens is 253 g/mol. The molecule has 1 aliphatic heterocycles. The molecule has 0 radical (unpaired) electrons. The summed E-state index contributed by atoms with van der Waals surface area (Å²) in [6.07, 6.45) is 0.899. The van der Waals surface area contributed by atoms with Crippen LogP contribution >= 0.6 is 11.6 Å². The summed E-state index contributed by atoms with van der Waals surface area (Å²) in [4.78, 5) is 4.34. The zero-order valence-corrected chi connectivity index (χ0v) is 10.8. The van der Waals surface area contributed by atoms with Crippen LogP contribution in [0, 0.1) is 5.82 Å². The molecule has 1 fully saturated rings. The lowest BCUT2D eigenvalue weighted by Crippen LogP contribution is -2.39. The maximum Gasteiger partial charge on any atom is 0.191 e. The van der Waals surface area contributed by atoms with Gasteiger partial charge in [0.05, 0.1) is 6.54 Å². The Morgan fingerprint density at radius 3 is 3.00 bits per heavy atom. The number of benzene rings is 1. The maximum absolute atomic E-state index is 13.7. The van der Waals surface area contributed by atoms with Crippen molar-refractivity contribution in [3.05, 3.63) is 34.6 Å². The Morgan fingerprint density at radius 2 is 2.33 bits per heavy atom. The minimum Gasteiger partial charge on any atom is -0.353 e. The third-order valence-corrected chi connectivity index (χ3v) is 3.72. The molecule has 1 unspecified atom stereocenters. The lowest BCUT2D eigenvalue weighted by Gasteiger charge is -2.09. The largest absolute Gasteiger partial charge is 0.353 e. The fraction of sp³-hybridized carbons (Fsp3) is 0.462. The van der Waals surface area contributed by atoms with Crippen molar-refractivity contribution in [2.75, 3.05) is 6.54 Å². The van der Waals surface area contributed by atoms with Crippen LogP contribution in [0.15, 0.2) is 23.2 Å². The Kier molecular flexibility index (Phi) is 2.90. The summed E-state index contributed by atoms with van der Waals surface area (Å²) < 4.78 is 13.7. The molecule has 96 valence electrons. The molecule has 3 rings (SSSR count). The summed E-state index contributed by atoms with van der Waals surface area (Å²) in [5.41, 5.74) is 0.628. The second kappa shape index (κ2) is 4.43. The van der Waals surface area contributed by atoms with Crippen LogP contribution in [0.1, 0.15) is 24.8 Å².